The van der Waals surface area contributed by atoms with E-state index in [0.717, 1.165) is 0 Å². The predicted octanol–water partition coefficient (Wildman–Crippen LogP) is 1.23. The number of carboxylic acid groups (broad SMARTS) is 1. The lowest BCUT2D eigenvalue weighted by Crippen LogP contribution is -2.21. The SMILES string of the molecule is CCOCC(C)Oc1c(C(=O)O)c(C)nn1C. The molecule has 1 unspecified atom stereocenters. The number of hydrogen-bond acceptors (Lipinski definition) is 4. The van der Waals surface area contributed by atoms with Gasteiger partial charge in [-0.05, 0) is 20.8 Å². The van der Waals surface area contributed by atoms with Crippen molar-refractivity contribution >= 4 is 5.97 Å². The number of hydrogen-bond donors (Lipinski definition) is 1. The quantitative estimate of drug-likeness (QED) is 0.812. The van der Waals surface area contributed by atoms with Crippen molar-refractivity contribution in [3.05, 3.63) is 11.3 Å². The van der Waals surface area contributed by atoms with Crippen molar-refractivity contribution in [2.75, 3.05) is 13.2 Å². The first-order chi connectivity index (χ1) is 7.97. The lowest BCUT2D eigenvalue weighted by Gasteiger charge is -2.14. The summed E-state index contributed by atoms with van der Waals surface area (Å²) in [4.78, 5) is 11.1. The maximum absolute atomic E-state index is 11.1. The van der Waals surface area contributed by atoms with Gasteiger partial charge >= 0.3 is 5.97 Å². The Balaban J connectivity index is 2.86. The highest BCUT2D eigenvalue weighted by atomic mass is 16.5. The van der Waals surface area contributed by atoms with Gasteiger partial charge in [-0.15, -0.1) is 0 Å². The van der Waals surface area contributed by atoms with Gasteiger partial charge in [0.25, 0.3) is 0 Å². The molecule has 1 N–H and O–H groups in total. The third-order valence-corrected chi connectivity index (χ3v) is 2.25. The van der Waals surface area contributed by atoms with Crippen LogP contribution in [-0.2, 0) is 11.8 Å². The molecule has 6 nitrogen and oxygen atoms in total. The third-order valence-electron chi connectivity index (χ3n) is 2.25. The van der Waals surface area contributed by atoms with Crippen molar-refractivity contribution in [3.8, 4) is 5.88 Å². The standard InChI is InChI=1S/C11H18N2O4/c1-5-16-6-7(2)17-10-9(11(14)15)8(3)12-13(10)4/h7H,5-6H2,1-4H3,(H,14,15). The molecule has 0 saturated carbocycles. The zero-order valence-corrected chi connectivity index (χ0v) is 10.6. The van der Waals surface area contributed by atoms with E-state index in [-0.39, 0.29) is 17.5 Å². The number of carboxylic acids is 1. The Labute approximate surface area is 100 Å². The summed E-state index contributed by atoms with van der Waals surface area (Å²) in [5, 5.41) is 13.1. The summed E-state index contributed by atoms with van der Waals surface area (Å²) in [7, 11) is 1.65. The Morgan fingerprint density at radius 2 is 2.24 bits per heavy atom. The van der Waals surface area contributed by atoms with Gasteiger partial charge in [0, 0.05) is 13.7 Å². The van der Waals surface area contributed by atoms with Crippen LogP contribution in [0.3, 0.4) is 0 Å². The molecule has 17 heavy (non-hydrogen) atoms. The van der Waals surface area contributed by atoms with Crippen LogP contribution in [0, 0.1) is 6.92 Å². The van der Waals surface area contributed by atoms with E-state index in [9.17, 15) is 4.79 Å². The summed E-state index contributed by atoms with van der Waals surface area (Å²) < 4.78 is 12.2. The molecular formula is C11H18N2O4. The fraction of sp³-hybridized carbons (Fsp3) is 0.636. The van der Waals surface area contributed by atoms with Gasteiger partial charge in [0.1, 0.15) is 11.7 Å². The Morgan fingerprint density at radius 1 is 1.59 bits per heavy atom. The highest BCUT2D eigenvalue weighted by molar-refractivity contribution is 5.91. The summed E-state index contributed by atoms with van der Waals surface area (Å²) in [6.07, 6.45) is -0.220. The molecule has 1 rings (SSSR count). The van der Waals surface area contributed by atoms with Crippen molar-refractivity contribution in [2.45, 2.75) is 26.9 Å². The summed E-state index contributed by atoms with van der Waals surface area (Å²) in [5.41, 5.74) is 0.550. The number of carbonyl (C=O) groups is 1. The molecule has 1 heterocycles. The van der Waals surface area contributed by atoms with Crippen LogP contribution in [0.25, 0.3) is 0 Å². The van der Waals surface area contributed by atoms with Gasteiger partial charge in [-0.25, -0.2) is 9.48 Å². The Morgan fingerprint density at radius 3 is 2.76 bits per heavy atom. The number of aryl methyl sites for hydroxylation is 2. The molecule has 0 aliphatic rings. The van der Waals surface area contributed by atoms with Crippen LogP contribution in [0.1, 0.15) is 29.9 Å². The fourth-order valence-corrected chi connectivity index (χ4v) is 1.53. The summed E-state index contributed by atoms with van der Waals surface area (Å²) in [6.45, 7) is 6.38. The van der Waals surface area contributed by atoms with E-state index in [1.807, 2.05) is 13.8 Å². The first-order valence-corrected chi connectivity index (χ1v) is 5.48. The minimum absolute atomic E-state index is 0.107. The van der Waals surface area contributed by atoms with Crippen molar-refractivity contribution in [2.24, 2.45) is 7.05 Å². The van der Waals surface area contributed by atoms with Gasteiger partial charge in [0.15, 0.2) is 0 Å². The first kappa shape index (κ1) is 13.5. The van der Waals surface area contributed by atoms with E-state index in [2.05, 4.69) is 5.10 Å². The normalized spacial score (nSPS) is 12.5. The molecule has 0 fully saturated rings. The monoisotopic (exact) mass is 242 g/mol. The lowest BCUT2D eigenvalue weighted by atomic mass is 10.2. The number of ether oxygens (including phenoxy) is 2. The molecular weight excluding hydrogens is 224 g/mol. The van der Waals surface area contributed by atoms with E-state index in [1.54, 1.807) is 14.0 Å². The summed E-state index contributed by atoms with van der Waals surface area (Å²) in [5.74, 6) is -0.767. The minimum Gasteiger partial charge on any atom is -0.477 e. The van der Waals surface area contributed by atoms with Gasteiger partial charge in [0.2, 0.25) is 5.88 Å². The van der Waals surface area contributed by atoms with Crippen LogP contribution in [0.2, 0.25) is 0 Å². The Bertz CT molecular complexity index is 400. The van der Waals surface area contributed by atoms with E-state index in [4.69, 9.17) is 14.6 Å². The minimum atomic E-state index is -1.03. The molecule has 1 aromatic heterocycles. The predicted molar refractivity (Wildman–Crippen MR) is 61.5 cm³/mol. The molecule has 0 amide bonds. The second-order valence-electron chi connectivity index (χ2n) is 3.78. The second kappa shape index (κ2) is 5.67. The van der Waals surface area contributed by atoms with Crippen LogP contribution in [-0.4, -0.2) is 40.2 Å². The maximum Gasteiger partial charge on any atom is 0.343 e. The molecule has 96 valence electrons. The largest absolute Gasteiger partial charge is 0.477 e. The Hall–Kier alpha value is -1.56. The van der Waals surface area contributed by atoms with E-state index < -0.39 is 5.97 Å². The number of nitrogens with zero attached hydrogens (tertiary/aromatic N) is 2. The van der Waals surface area contributed by atoms with Crippen LogP contribution in [0.15, 0.2) is 0 Å². The van der Waals surface area contributed by atoms with Crippen molar-refractivity contribution < 1.29 is 19.4 Å². The van der Waals surface area contributed by atoms with Gasteiger partial charge in [0.05, 0.1) is 12.3 Å². The molecule has 0 bridgehead atoms. The highest BCUT2D eigenvalue weighted by Crippen LogP contribution is 2.22. The van der Waals surface area contributed by atoms with E-state index in [0.29, 0.717) is 18.9 Å². The molecule has 0 saturated heterocycles. The van der Waals surface area contributed by atoms with Gasteiger partial charge in [-0.1, -0.05) is 0 Å². The fourth-order valence-electron chi connectivity index (χ4n) is 1.53. The van der Waals surface area contributed by atoms with Crippen molar-refractivity contribution in [3.63, 3.8) is 0 Å². The van der Waals surface area contributed by atoms with Crippen LogP contribution >= 0.6 is 0 Å². The van der Waals surface area contributed by atoms with Gasteiger partial charge in [-0.3, -0.25) is 0 Å². The molecule has 0 radical (unpaired) electrons. The number of aromatic carboxylic acids is 1. The number of rotatable bonds is 6. The molecule has 0 aliphatic carbocycles. The molecule has 0 spiro atoms. The third kappa shape index (κ3) is 3.20. The average Bonchev–Trinajstić information content (AvgIpc) is 2.51. The first-order valence-electron chi connectivity index (χ1n) is 5.48. The maximum atomic E-state index is 11.1. The smallest absolute Gasteiger partial charge is 0.343 e. The highest BCUT2D eigenvalue weighted by Gasteiger charge is 2.22. The van der Waals surface area contributed by atoms with E-state index >= 15 is 0 Å². The van der Waals surface area contributed by atoms with E-state index in [1.165, 1.54) is 4.68 Å². The molecule has 1 aromatic rings. The van der Waals surface area contributed by atoms with Gasteiger partial charge < -0.3 is 14.6 Å². The van der Waals surface area contributed by atoms with Crippen LogP contribution in [0.4, 0.5) is 0 Å². The number of aromatic nitrogens is 2. The molecule has 6 heteroatoms. The summed E-state index contributed by atoms with van der Waals surface area (Å²) >= 11 is 0. The summed E-state index contributed by atoms with van der Waals surface area (Å²) in [6, 6.07) is 0. The van der Waals surface area contributed by atoms with Crippen molar-refractivity contribution in [1.82, 2.24) is 9.78 Å². The zero-order chi connectivity index (χ0) is 13.0. The van der Waals surface area contributed by atoms with Crippen LogP contribution in [0.5, 0.6) is 5.88 Å². The zero-order valence-electron chi connectivity index (χ0n) is 10.6. The van der Waals surface area contributed by atoms with Crippen molar-refractivity contribution in [1.29, 1.82) is 0 Å². The molecule has 0 aliphatic heterocycles. The topological polar surface area (TPSA) is 73.6 Å². The average molecular weight is 242 g/mol. The Kier molecular flexibility index (Phi) is 4.51. The van der Waals surface area contributed by atoms with Crippen LogP contribution < -0.4 is 4.74 Å². The van der Waals surface area contributed by atoms with Gasteiger partial charge in [-0.2, -0.15) is 5.10 Å². The second-order valence-corrected chi connectivity index (χ2v) is 3.78. The molecule has 0 aromatic carbocycles. The molecule has 1 atom stereocenters. The lowest BCUT2D eigenvalue weighted by molar-refractivity contribution is 0.0572.